The van der Waals surface area contributed by atoms with Gasteiger partial charge in [-0.05, 0) is 24.3 Å². The topological polar surface area (TPSA) is 66.3 Å². The summed E-state index contributed by atoms with van der Waals surface area (Å²) in [6.45, 7) is 0. The van der Waals surface area contributed by atoms with Gasteiger partial charge in [0, 0.05) is 4.47 Å². The zero-order valence-corrected chi connectivity index (χ0v) is 10.0. The number of amidine groups is 1. The first-order chi connectivity index (χ1) is 7.13. The van der Waals surface area contributed by atoms with E-state index < -0.39 is 5.97 Å². The molecule has 0 aliphatic carbocycles. The van der Waals surface area contributed by atoms with Crippen molar-refractivity contribution in [3.8, 4) is 0 Å². The molecule has 0 radical (unpaired) electrons. The van der Waals surface area contributed by atoms with Crippen molar-refractivity contribution in [3.05, 3.63) is 34.3 Å². The highest BCUT2D eigenvalue weighted by molar-refractivity contribution is 9.10. The van der Waals surface area contributed by atoms with Crippen molar-refractivity contribution in [2.75, 3.05) is 5.88 Å². The molecule has 0 bridgehead atoms. The summed E-state index contributed by atoms with van der Waals surface area (Å²) in [5, 5.41) is 2.31. The van der Waals surface area contributed by atoms with Crippen LogP contribution < -0.4 is 10.9 Å². The minimum absolute atomic E-state index is 0.222. The van der Waals surface area contributed by atoms with Gasteiger partial charge in [0.2, 0.25) is 0 Å². The minimum atomic E-state index is -0.586. The number of hydrogen-bond donors (Lipinski definition) is 2. The molecule has 1 aromatic rings. The van der Waals surface area contributed by atoms with Crippen molar-refractivity contribution in [2.24, 2.45) is 5.73 Å². The number of nitrogen functional groups attached to an aromatic ring is 1. The van der Waals surface area contributed by atoms with Gasteiger partial charge >= 0.3 is 11.8 Å². The SMILES string of the molecule is NC(=[NH+]OC(=O)CCl)c1ccc(Br)cc1. The molecule has 0 atom stereocenters. The summed E-state index contributed by atoms with van der Waals surface area (Å²) < 4.78 is 0.941. The molecule has 6 heteroatoms. The predicted molar refractivity (Wildman–Crippen MR) is 60.2 cm³/mol. The average molecular weight is 293 g/mol. The summed E-state index contributed by atoms with van der Waals surface area (Å²) in [5.74, 6) is -0.557. The second kappa shape index (κ2) is 5.72. The van der Waals surface area contributed by atoms with Crippen molar-refractivity contribution in [3.63, 3.8) is 0 Å². The van der Waals surface area contributed by atoms with E-state index >= 15 is 0 Å². The van der Waals surface area contributed by atoms with E-state index in [-0.39, 0.29) is 11.7 Å². The molecule has 0 aliphatic heterocycles. The molecule has 0 fully saturated rings. The predicted octanol–water partition coefficient (Wildman–Crippen LogP) is -0.0680. The molecular formula is C9H9BrClN2O2+. The van der Waals surface area contributed by atoms with E-state index in [1.165, 1.54) is 0 Å². The summed E-state index contributed by atoms with van der Waals surface area (Å²) in [6.07, 6.45) is 0. The molecule has 0 aromatic heterocycles. The maximum atomic E-state index is 10.7. The molecular weight excluding hydrogens is 283 g/mol. The van der Waals surface area contributed by atoms with Gasteiger partial charge < -0.3 is 0 Å². The maximum Gasteiger partial charge on any atom is 0.371 e. The molecule has 0 spiro atoms. The zero-order chi connectivity index (χ0) is 11.3. The van der Waals surface area contributed by atoms with Crippen molar-refractivity contribution < 1.29 is 14.8 Å². The highest BCUT2D eigenvalue weighted by atomic mass is 79.9. The Morgan fingerprint density at radius 2 is 2.07 bits per heavy atom. The molecule has 0 aliphatic rings. The van der Waals surface area contributed by atoms with Gasteiger partial charge in [0.05, 0.1) is 5.56 Å². The third-order valence-electron chi connectivity index (χ3n) is 1.54. The Hall–Kier alpha value is -1.07. The number of nitrogens with one attached hydrogen (secondary N) is 1. The number of benzene rings is 1. The normalized spacial score (nSPS) is 11.2. The Labute approximate surface area is 100 Å². The van der Waals surface area contributed by atoms with Crippen LogP contribution >= 0.6 is 27.5 Å². The van der Waals surface area contributed by atoms with E-state index in [1.54, 1.807) is 12.1 Å². The van der Waals surface area contributed by atoms with E-state index in [0.29, 0.717) is 0 Å². The van der Waals surface area contributed by atoms with Crippen molar-refractivity contribution >= 4 is 39.3 Å². The standard InChI is InChI=1S/C9H8BrClN2O2/c10-7-3-1-6(2-4-7)9(12)13-15-8(14)5-11/h1-4H,5H2,(H2,12,13)/p+1. The lowest BCUT2D eigenvalue weighted by Gasteiger charge is -1.95. The van der Waals surface area contributed by atoms with Crippen LogP contribution in [0.2, 0.25) is 0 Å². The van der Waals surface area contributed by atoms with Crippen LogP contribution in [0.25, 0.3) is 0 Å². The number of alkyl halides is 1. The number of hydrogen-bond acceptors (Lipinski definition) is 2. The van der Waals surface area contributed by atoms with E-state index in [0.717, 1.165) is 10.0 Å². The first-order valence-corrected chi connectivity index (χ1v) is 5.36. The van der Waals surface area contributed by atoms with Gasteiger partial charge in [0.15, 0.2) is 0 Å². The Morgan fingerprint density at radius 1 is 1.47 bits per heavy atom. The summed E-state index contributed by atoms with van der Waals surface area (Å²) in [6, 6.07) is 7.21. The van der Waals surface area contributed by atoms with Crippen LogP contribution in [-0.4, -0.2) is 17.7 Å². The largest absolute Gasteiger partial charge is 0.371 e. The molecule has 3 N–H and O–H groups in total. The molecule has 80 valence electrons. The van der Waals surface area contributed by atoms with E-state index in [9.17, 15) is 4.79 Å². The van der Waals surface area contributed by atoms with Gasteiger partial charge in [-0.1, -0.05) is 21.1 Å². The first-order valence-electron chi connectivity index (χ1n) is 4.03. The van der Waals surface area contributed by atoms with E-state index in [4.69, 9.17) is 17.3 Å². The molecule has 0 saturated heterocycles. The first kappa shape index (κ1) is 12.0. The lowest BCUT2D eigenvalue weighted by molar-refractivity contribution is -0.723. The van der Waals surface area contributed by atoms with Crippen molar-refractivity contribution in [1.29, 1.82) is 0 Å². The Balaban J connectivity index is 2.71. The summed E-state index contributed by atoms with van der Waals surface area (Å²) in [7, 11) is 0. The lowest BCUT2D eigenvalue weighted by Crippen LogP contribution is -2.75. The van der Waals surface area contributed by atoms with E-state index in [2.05, 4.69) is 25.9 Å². The summed E-state index contributed by atoms with van der Waals surface area (Å²) in [5.41, 5.74) is 6.34. The highest BCUT2D eigenvalue weighted by Crippen LogP contribution is 2.09. The second-order valence-electron chi connectivity index (χ2n) is 2.63. The third kappa shape index (κ3) is 3.89. The van der Waals surface area contributed by atoms with Gasteiger partial charge in [0.25, 0.3) is 0 Å². The average Bonchev–Trinajstić information content (AvgIpc) is 2.26. The molecule has 0 heterocycles. The number of rotatable bonds is 3. The number of halogens is 2. The van der Waals surface area contributed by atoms with Crippen molar-refractivity contribution in [1.82, 2.24) is 0 Å². The molecule has 0 amide bonds. The Morgan fingerprint density at radius 3 is 2.60 bits per heavy atom. The fourth-order valence-corrected chi connectivity index (χ4v) is 1.15. The number of nitrogens with two attached hydrogens (primary N) is 1. The monoisotopic (exact) mass is 291 g/mol. The molecule has 1 aromatic carbocycles. The molecule has 4 nitrogen and oxygen atoms in total. The number of carbonyl (C=O) groups is 1. The van der Waals surface area contributed by atoms with Crippen LogP contribution in [0, 0.1) is 0 Å². The third-order valence-corrected chi connectivity index (χ3v) is 2.29. The van der Waals surface area contributed by atoms with Gasteiger partial charge in [-0.2, -0.15) is 0 Å². The minimum Gasteiger partial charge on any atom is -0.284 e. The summed E-state index contributed by atoms with van der Waals surface area (Å²) in [4.78, 5) is 15.3. The lowest BCUT2D eigenvalue weighted by atomic mass is 10.2. The van der Waals surface area contributed by atoms with Gasteiger partial charge in [-0.25, -0.2) is 4.79 Å². The van der Waals surface area contributed by atoms with Gasteiger partial charge in [-0.3, -0.25) is 10.6 Å². The van der Waals surface area contributed by atoms with Crippen LogP contribution in [0.15, 0.2) is 28.7 Å². The van der Waals surface area contributed by atoms with Crippen LogP contribution in [-0.2, 0) is 9.63 Å². The quantitative estimate of drug-likeness (QED) is 0.269. The van der Waals surface area contributed by atoms with Gasteiger partial charge in [0.1, 0.15) is 5.88 Å². The Kier molecular flexibility index (Phi) is 4.58. The van der Waals surface area contributed by atoms with Crippen LogP contribution in [0.1, 0.15) is 5.56 Å². The fourth-order valence-electron chi connectivity index (χ4n) is 0.828. The highest BCUT2D eigenvalue weighted by Gasteiger charge is 2.06. The van der Waals surface area contributed by atoms with E-state index in [1.807, 2.05) is 12.1 Å². The van der Waals surface area contributed by atoms with Crippen LogP contribution in [0.4, 0.5) is 0 Å². The number of carbonyl (C=O) groups excluding carboxylic acids is 1. The summed E-state index contributed by atoms with van der Waals surface area (Å²) >= 11 is 8.53. The maximum absolute atomic E-state index is 10.7. The Bertz CT molecular complexity index is 378. The zero-order valence-electron chi connectivity index (χ0n) is 7.67. The van der Waals surface area contributed by atoms with Crippen molar-refractivity contribution in [2.45, 2.75) is 0 Å². The smallest absolute Gasteiger partial charge is 0.284 e. The molecule has 15 heavy (non-hydrogen) atoms. The van der Waals surface area contributed by atoms with Crippen LogP contribution in [0.5, 0.6) is 0 Å². The fraction of sp³-hybridized carbons (Fsp3) is 0.111. The van der Waals surface area contributed by atoms with Crippen LogP contribution in [0.3, 0.4) is 0 Å². The molecule has 0 unspecified atom stereocenters. The van der Waals surface area contributed by atoms with Gasteiger partial charge in [-0.15, -0.1) is 11.6 Å². The molecule has 0 saturated carbocycles. The second-order valence-corrected chi connectivity index (χ2v) is 3.81. The molecule has 1 rings (SSSR count).